The molecule has 0 unspecified atom stereocenters. The number of esters is 1. The van der Waals surface area contributed by atoms with Crippen molar-refractivity contribution in [1.82, 2.24) is 0 Å². The van der Waals surface area contributed by atoms with E-state index in [1.165, 1.54) is 18.4 Å². The number of methoxy groups -OCH3 is 3. The van der Waals surface area contributed by atoms with Gasteiger partial charge in [0.1, 0.15) is 16.5 Å². The van der Waals surface area contributed by atoms with Gasteiger partial charge in [-0.1, -0.05) is 0 Å². The molecule has 0 aliphatic rings. The molecule has 0 saturated carbocycles. The normalized spacial score (nSPS) is 10.1. The summed E-state index contributed by atoms with van der Waals surface area (Å²) in [5.41, 5.74) is 2.02. The van der Waals surface area contributed by atoms with Gasteiger partial charge in [0.05, 0.1) is 32.6 Å². The van der Waals surface area contributed by atoms with Crippen LogP contribution in [-0.2, 0) is 4.74 Å². The lowest BCUT2D eigenvalue weighted by Crippen LogP contribution is -2.20. The summed E-state index contributed by atoms with van der Waals surface area (Å²) in [6, 6.07) is 5.35. The molecule has 2 rings (SSSR count). The summed E-state index contributed by atoms with van der Waals surface area (Å²) in [5.74, 6) is 0.895. The zero-order valence-corrected chi connectivity index (χ0v) is 16.3. The highest BCUT2D eigenvalue weighted by Gasteiger charge is 2.21. The summed E-state index contributed by atoms with van der Waals surface area (Å²) in [6.45, 7) is 3.82. The van der Waals surface area contributed by atoms with Gasteiger partial charge in [0.15, 0.2) is 5.11 Å². The topological polar surface area (TPSA) is 68.8 Å². The number of ether oxygens (including phenoxy) is 3. The van der Waals surface area contributed by atoms with Crippen LogP contribution in [0.5, 0.6) is 11.5 Å². The van der Waals surface area contributed by atoms with Crippen LogP contribution in [-0.4, -0.2) is 32.4 Å². The lowest BCUT2D eigenvalue weighted by Gasteiger charge is -2.14. The van der Waals surface area contributed by atoms with Gasteiger partial charge in [0.25, 0.3) is 0 Å². The first-order valence-corrected chi connectivity index (χ1v) is 8.62. The van der Waals surface area contributed by atoms with Gasteiger partial charge >= 0.3 is 5.97 Å². The van der Waals surface area contributed by atoms with Crippen LogP contribution in [0.25, 0.3) is 0 Å². The monoisotopic (exact) mass is 380 g/mol. The minimum absolute atomic E-state index is 0.331. The van der Waals surface area contributed by atoms with Crippen LogP contribution in [0, 0.1) is 13.8 Å². The molecule has 1 aromatic carbocycles. The smallest absolute Gasteiger partial charge is 0.341 e. The van der Waals surface area contributed by atoms with Crippen LogP contribution in [0.15, 0.2) is 18.2 Å². The van der Waals surface area contributed by atoms with E-state index in [-0.39, 0.29) is 0 Å². The van der Waals surface area contributed by atoms with Gasteiger partial charge in [-0.3, -0.25) is 0 Å². The molecular formula is C17H20N2O4S2. The Hall–Kier alpha value is -2.32. The maximum absolute atomic E-state index is 12.0. The zero-order valence-electron chi connectivity index (χ0n) is 14.7. The van der Waals surface area contributed by atoms with Gasteiger partial charge in [0, 0.05) is 10.9 Å². The van der Waals surface area contributed by atoms with Crippen LogP contribution in [0.3, 0.4) is 0 Å². The van der Waals surface area contributed by atoms with Crippen molar-refractivity contribution in [3.05, 3.63) is 34.2 Å². The van der Waals surface area contributed by atoms with Crippen molar-refractivity contribution in [1.29, 1.82) is 0 Å². The fraction of sp³-hybridized carbons (Fsp3) is 0.294. The number of hydrogen-bond donors (Lipinski definition) is 2. The van der Waals surface area contributed by atoms with E-state index in [0.29, 0.717) is 32.9 Å². The molecule has 134 valence electrons. The number of aryl methyl sites for hydroxylation is 1. The first kappa shape index (κ1) is 19.0. The van der Waals surface area contributed by atoms with Gasteiger partial charge in [-0.25, -0.2) is 4.79 Å². The molecule has 0 aliphatic carbocycles. The lowest BCUT2D eigenvalue weighted by molar-refractivity contribution is 0.0601. The third kappa shape index (κ3) is 4.21. The quantitative estimate of drug-likeness (QED) is 0.601. The maximum Gasteiger partial charge on any atom is 0.341 e. The number of hydrogen-bond acceptors (Lipinski definition) is 6. The third-order valence-electron chi connectivity index (χ3n) is 3.66. The second-order valence-electron chi connectivity index (χ2n) is 5.12. The van der Waals surface area contributed by atoms with Crippen molar-refractivity contribution in [2.24, 2.45) is 0 Å². The standard InChI is InChI=1S/C17H20N2O4S2/c1-9-10(2)25-15(14(9)16(20)23-5)19-17(24)18-12-8-11(21-3)6-7-13(12)22-4/h6-8H,1-5H3,(H2,18,19,24). The highest BCUT2D eigenvalue weighted by Crippen LogP contribution is 2.34. The van der Waals surface area contributed by atoms with E-state index in [4.69, 9.17) is 26.4 Å². The minimum Gasteiger partial charge on any atom is -0.497 e. The van der Waals surface area contributed by atoms with Crippen LogP contribution in [0.1, 0.15) is 20.8 Å². The third-order valence-corrected chi connectivity index (χ3v) is 4.98. The first-order valence-electron chi connectivity index (χ1n) is 7.39. The summed E-state index contributed by atoms with van der Waals surface area (Å²) in [5, 5.41) is 7.11. The Morgan fingerprint density at radius 1 is 1.12 bits per heavy atom. The highest BCUT2D eigenvalue weighted by atomic mass is 32.1. The molecule has 0 amide bonds. The summed E-state index contributed by atoms with van der Waals surface area (Å²) in [4.78, 5) is 13.1. The molecule has 2 aromatic rings. The summed E-state index contributed by atoms with van der Waals surface area (Å²) in [7, 11) is 4.52. The molecule has 1 aromatic heterocycles. The van der Waals surface area contributed by atoms with Crippen LogP contribution >= 0.6 is 23.6 Å². The molecule has 0 radical (unpaired) electrons. The molecule has 0 atom stereocenters. The molecule has 1 heterocycles. The summed E-state index contributed by atoms with van der Waals surface area (Å²) >= 11 is 6.82. The van der Waals surface area contributed by atoms with Crippen molar-refractivity contribution in [2.75, 3.05) is 32.0 Å². The Labute approximate surface area is 156 Å². The average Bonchev–Trinajstić information content (AvgIpc) is 2.87. The molecule has 25 heavy (non-hydrogen) atoms. The molecule has 0 spiro atoms. The van der Waals surface area contributed by atoms with Gasteiger partial charge < -0.3 is 24.8 Å². The molecule has 6 nitrogen and oxygen atoms in total. The number of thiophene rings is 1. The highest BCUT2D eigenvalue weighted by molar-refractivity contribution is 7.80. The molecule has 0 bridgehead atoms. The van der Waals surface area contributed by atoms with E-state index in [1.807, 2.05) is 13.8 Å². The number of carbonyl (C=O) groups is 1. The first-order chi connectivity index (χ1) is 11.9. The number of carbonyl (C=O) groups excluding carboxylic acids is 1. The zero-order chi connectivity index (χ0) is 18.6. The number of thiocarbonyl (C=S) groups is 1. The van der Waals surface area contributed by atoms with E-state index < -0.39 is 5.97 Å². The van der Waals surface area contributed by atoms with E-state index in [9.17, 15) is 4.79 Å². The Bertz CT molecular complexity index is 802. The van der Waals surface area contributed by atoms with Crippen molar-refractivity contribution in [2.45, 2.75) is 13.8 Å². The number of anilines is 2. The van der Waals surface area contributed by atoms with Crippen molar-refractivity contribution in [3.8, 4) is 11.5 Å². The number of benzene rings is 1. The molecule has 2 N–H and O–H groups in total. The molecular weight excluding hydrogens is 360 g/mol. The fourth-order valence-electron chi connectivity index (χ4n) is 2.23. The second kappa shape index (κ2) is 8.17. The predicted molar refractivity (Wildman–Crippen MR) is 105 cm³/mol. The Balaban J connectivity index is 2.24. The Kier molecular flexibility index (Phi) is 6.22. The van der Waals surface area contributed by atoms with Crippen LogP contribution in [0.4, 0.5) is 10.7 Å². The molecule has 0 saturated heterocycles. The number of rotatable bonds is 5. The summed E-state index contributed by atoms with van der Waals surface area (Å²) in [6.07, 6.45) is 0. The Morgan fingerprint density at radius 2 is 1.84 bits per heavy atom. The van der Waals surface area contributed by atoms with E-state index in [0.717, 1.165) is 10.4 Å². The van der Waals surface area contributed by atoms with Gasteiger partial charge in [0.2, 0.25) is 0 Å². The fourth-order valence-corrected chi connectivity index (χ4v) is 3.56. The minimum atomic E-state index is -0.397. The Morgan fingerprint density at radius 3 is 2.44 bits per heavy atom. The summed E-state index contributed by atoms with van der Waals surface area (Å²) < 4.78 is 15.4. The molecule has 0 aliphatic heterocycles. The largest absolute Gasteiger partial charge is 0.497 e. The second-order valence-corrected chi connectivity index (χ2v) is 6.76. The van der Waals surface area contributed by atoms with Crippen molar-refractivity contribution in [3.63, 3.8) is 0 Å². The maximum atomic E-state index is 12.0. The van der Waals surface area contributed by atoms with Gasteiger partial charge in [-0.05, 0) is 43.8 Å². The van der Waals surface area contributed by atoms with Crippen LogP contribution < -0.4 is 20.1 Å². The SMILES string of the molecule is COC(=O)c1c(NC(=S)Nc2cc(OC)ccc2OC)sc(C)c1C. The van der Waals surface area contributed by atoms with Crippen molar-refractivity contribution < 1.29 is 19.0 Å². The van der Waals surface area contributed by atoms with E-state index in [1.54, 1.807) is 32.4 Å². The number of nitrogens with one attached hydrogen (secondary N) is 2. The van der Waals surface area contributed by atoms with E-state index in [2.05, 4.69) is 10.6 Å². The van der Waals surface area contributed by atoms with Gasteiger partial charge in [-0.2, -0.15) is 0 Å². The lowest BCUT2D eigenvalue weighted by atomic mass is 10.1. The average molecular weight is 380 g/mol. The van der Waals surface area contributed by atoms with Gasteiger partial charge in [-0.15, -0.1) is 11.3 Å². The molecule has 0 fully saturated rings. The van der Waals surface area contributed by atoms with Crippen molar-refractivity contribution >= 4 is 45.3 Å². The molecule has 8 heteroatoms. The van der Waals surface area contributed by atoms with Crippen LogP contribution in [0.2, 0.25) is 0 Å². The predicted octanol–water partition coefficient (Wildman–Crippen LogP) is 3.98. The van der Waals surface area contributed by atoms with E-state index >= 15 is 0 Å².